The second-order valence-corrected chi connectivity index (χ2v) is 1.76. The molecule has 2 heteroatoms. The van der Waals surface area contributed by atoms with Crippen LogP contribution in [0.5, 0.6) is 0 Å². The van der Waals surface area contributed by atoms with Gasteiger partial charge in [-0.1, -0.05) is 0 Å². The van der Waals surface area contributed by atoms with E-state index in [0.717, 1.165) is 5.56 Å². The molecule has 38 valence electrons. The van der Waals surface area contributed by atoms with E-state index in [4.69, 9.17) is 7.85 Å². The second-order valence-electron chi connectivity index (χ2n) is 1.76. The van der Waals surface area contributed by atoms with Crippen LogP contribution in [0.3, 0.4) is 0 Å². The van der Waals surface area contributed by atoms with E-state index in [1.807, 2.05) is 19.1 Å². The Hall–Kier alpha value is -0.785. The lowest BCUT2D eigenvalue weighted by Gasteiger charge is -1.90. The average molecular weight is 103 g/mol. The Labute approximate surface area is 50.2 Å². The molecule has 0 aliphatic rings. The van der Waals surface area contributed by atoms with E-state index in [0.29, 0.717) is 5.59 Å². The standard InChI is InChI=1S/C6H6BN/c1-5-2-3-8-6(7)4-5/h2-4H,1H3. The number of aromatic nitrogens is 1. The topological polar surface area (TPSA) is 12.9 Å². The SMILES string of the molecule is [B]c1cc(C)ccn1. The molecule has 1 heterocycles. The van der Waals surface area contributed by atoms with Crippen LogP contribution in [0.4, 0.5) is 0 Å². The number of rotatable bonds is 0. The van der Waals surface area contributed by atoms with Crippen molar-refractivity contribution in [2.45, 2.75) is 6.92 Å². The second kappa shape index (κ2) is 1.99. The molecule has 0 saturated heterocycles. The zero-order valence-corrected chi connectivity index (χ0v) is 4.76. The van der Waals surface area contributed by atoms with Gasteiger partial charge >= 0.3 is 0 Å². The van der Waals surface area contributed by atoms with Gasteiger partial charge in [-0.3, -0.25) is 4.98 Å². The summed E-state index contributed by atoms with van der Waals surface area (Å²) >= 11 is 0. The van der Waals surface area contributed by atoms with E-state index in [9.17, 15) is 0 Å². The van der Waals surface area contributed by atoms with Gasteiger partial charge in [-0.15, -0.1) is 0 Å². The molecule has 0 aliphatic heterocycles. The summed E-state index contributed by atoms with van der Waals surface area (Å²) in [5, 5.41) is 0. The first-order valence-corrected chi connectivity index (χ1v) is 2.47. The molecular weight excluding hydrogens is 96.9 g/mol. The first-order valence-electron chi connectivity index (χ1n) is 2.47. The molecule has 0 atom stereocenters. The van der Waals surface area contributed by atoms with Gasteiger partial charge in [0.25, 0.3) is 0 Å². The fourth-order valence-electron chi connectivity index (χ4n) is 0.560. The van der Waals surface area contributed by atoms with Crippen LogP contribution in [0, 0.1) is 6.92 Å². The maximum Gasteiger partial charge on any atom is 0.141 e. The molecule has 0 amide bonds. The zero-order chi connectivity index (χ0) is 5.98. The van der Waals surface area contributed by atoms with Gasteiger partial charge in [-0.25, -0.2) is 0 Å². The molecule has 0 unspecified atom stereocenters. The third-order valence-corrected chi connectivity index (χ3v) is 0.937. The summed E-state index contributed by atoms with van der Waals surface area (Å²) in [6, 6.07) is 3.75. The van der Waals surface area contributed by atoms with Gasteiger partial charge in [0.15, 0.2) is 0 Å². The molecule has 8 heavy (non-hydrogen) atoms. The van der Waals surface area contributed by atoms with E-state index < -0.39 is 0 Å². The van der Waals surface area contributed by atoms with E-state index in [-0.39, 0.29) is 0 Å². The van der Waals surface area contributed by atoms with Crippen molar-refractivity contribution in [3.8, 4) is 0 Å². The number of nitrogens with zero attached hydrogens (tertiary/aromatic N) is 1. The average Bonchev–Trinajstić information content (AvgIpc) is 1.64. The van der Waals surface area contributed by atoms with E-state index in [2.05, 4.69) is 4.98 Å². The van der Waals surface area contributed by atoms with Gasteiger partial charge in [-0.05, 0) is 30.2 Å². The van der Waals surface area contributed by atoms with Crippen LogP contribution in [-0.4, -0.2) is 12.8 Å². The lowest BCUT2D eigenvalue weighted by atomic mass is 10.0. The Kier molecular flexibility index (Phi) is 1.33. The van der Waals surface area contributed by atoms with Crippen molar-refractivity contribution >= 4 is 13.4 Å². The van der Waals surface area contributed by atoms with Crippen molar-refractivity contribution < 1.29 is 0 Å². The molecular formula is C6H6BN. The quantitative estimate of drug-likeness (QED) is 0.427. The first kappa shape index (κ1) is 5.35. The Morgan fingerprint density at radius 3 is 2.75 bits per heavy atom. The predicted octanol–water partition coefficient (Wildman–Crippen LogP) is 0.184. The predicted molar refractivity (Wildman–Crippen MR) is 34.4 cm³/mol. The minimum atomic E-state index is 0.588. The molecule has 1 nitrogen and oxygen atoms in total. The highest BCUT2D eigenvalue weighted by Crippen LogP contribution is 1.86. The van der Waals surface area contributed by atoms with Crippen molar-refractivity contribution in [3.05, 3.63) is 23.9 Å². The molecule has 0 aliphatic carbocycles. The van der Waals surface area contributed by atoms with Crippen molar-refractivity contribution in [3.63, 3.8) is 0 Å². The Morgan fingerprint density at radius 1 is 1.62 bits per heavy atom. The molecule has 0 bridgehead atoms. The van der Waals surface area contributed by atoms with Crippen molar-refractivity contribution in [1.82, 2.24) is 4.98 Å². The molecule has 0 saturated carbocycles. The van der Waals surface area contributed by atoms with E-state index in [1.165, 1.54) is 0 Å². The van der Waals surface area contributed by atoms with E-state index >= 15 is 0 Å². The van der Waals surface area contributed by atoms with Crippen molar-refractivity contribution in [1.29, 1.82) is 0 Å². The van der Waals surface area contributed by atoms with Crippen LogP contribution in [0.1, 0.15) is 5.56 Å². The van der Waals surface area contributed by atoms with Gasteiger partial charge in [0.1, 0.15) is 7.85 Å². The maximum atomic E-state index is 5.35. The summed E-state index contributed by atoms with van der Waals surface area (Å²) < 4.78 is 0. The fourth-order valence-corrected chi connectivity index (χ4v) is 0.560. The smallest absolute Gasteiger partial charge is 0.141 e. The molecule has 0 fully saturated rings. The summed E-state index contributed by atoms with van der Waals surface area (Å²) in [5.74, 6) is 0. The van der Waals surface area contributed by atoms with Crippen LogP contribution < -0.4 is 5.59 Å². The number of pyridine rings is 1. The summed E-state index contributed by atoms with van der Waals surface area (Å²) in [5.41, 5.74) is 1.74. The van der Waals surface area contributed by atoms with Crippen LogP contribution >= 0.6 is 0 Å². The van der Waals surface area contributed by atoms with Gasteiger partial charge in [0.05, 0.1) is 0 Å². The molecule has 1 aromatic rings. The lowest BCUT2D eigenvalue weighted by molar-refractivity contribution is 1.34. The molecule has 1 rings (SSSR count). The summed E-state index contributed by atoms with van der Waals surface area (Å²) in [7, 11) is 5.35. The highest BCUT2D eigenvalue weighted by molar-refractivity contribution is 6.30. The third kappa shape index (κ3) is 1.09. The normalized spacial score (nSPS) is 9.12. The molecule has 1 aromatic heterocycles. The summed E-state index contributed by atoms with van der Waals surface area (Å²) in [6.45, 7) is 1.98. The zero-order valence-electron chi connectivity index (χ0n) is 4.76. The summed E-state index contributed by atoms with van der Waals surface area (Å²) in [6.07, 6.45) is 1.70. The van der Waals surface area contributed by atoms with Crippen molar-refractivity contribution in [2.75, 3.05) is 0 Å². The highest BCUT2D eigenvalue weighted by Gasteiger charge is 1.81. The molecule has 0 N–H and O–H groups in total. The Morgan fingerprint density at radius 2 is 2.38 bits per heavy atom. The fraction of sp³-hybridized carbons (Fsp3) is 0.167. The number of hydrogen-bond acceptors (Lipinski definition) is 1. The Balaban J connectivity index is 3.08. The summed E-state index contributed by atoms with van der Waals surface area (Å²) in [4.78, 5) is 3.82. The first-order chi connectivity index (χ1) is 3.79. The minimum absolute atomic E-state index is 0.588. The Bertz CT molecular complexity index is 168. The van der Waals surface area contributed by atoms with Crippen LogP contribution in [0.15, 0.2) is 18.3 Å². The third-order valence-electron chi connectivity index (χ3n) is 0.937. The van der Waals surface area contributed by atoms with E-state index in [1.54, 1.807) is 6.20 Å². The number of hydrogen-bond donors (Lipinski definition) is 0. The van der Waals surface area contributed by atoms with Gasteiger partial charge in [-0.2, -0.15) is 0 Å². The largest absolute Gasteiger partial charge is 0.273 e. The molecule has 0 aromatic carbocycles. The monoisotopic (exact) mass is 103 g/mol. The minimum Gasteiger partial charge on any atom is -0.273 e. The van der Waals surface area contributed by atoms with Gasteiger partial charge in [0.2, 0.25) is 0 Å². The maximum absolute atomic E-state index is 5.35. The van der Waals surface area contributed by atoms with Crippen LogP contribution in [-0.2, 0) is 0 Å². The van der Waals surface area contributed by atoms with Gasteiger partial charge in [0, 0.05) is 6.20 Å². The molecule has 2 radical (unpaired) electrons. The van der Waals surface area contributed by atoms with Crippen LogP contribution in [0.25, 0.3) is 0 Å². The van der Waals surface area contributed by atoms with Crippen molar-refractivity contribution in [2.24, 2.45) is 0 Å². The number of aryl methyl sites for hydroxylation is 1. The van der Waals surface area contributed by atoms with Crippen LogP contribution in [0.2, 0.25) is 0 Å². The highest BCUT2D eigenvalue weighted by atomic mass is 14.6. The van der Waals surface area contributed by atoms with Gasteiger partial charge < -0.3 is 0 Å². The molecule has 0 spiro atoms. The lowest BCUT2D eigenvalue weighted by Crippen LogP contribution is -2.06.